The van der Waals surface area contributed by atoms with Crippen molar-refractivity contribution in [2.75, 3.05) is 18.5 Å². The van der Waals surface area contributed by atoms with Crippen molar-refractivity contribution in [1.82, 2.24) is 0 Å². The molecule has 0 aliphatic carbocycles. The van der Waals surface area contributed by atoms with Crippen LogP contribution in [0.15, 0.2) is 39.4 Å². The van der Waals surface area contributed by atoms with Crippen LogP contribution in [0, 0.1) is 0 Å². The second kappa shape index (κ2) is 7.41. The molecule has 21 heavy (non-hydrogen) atoms. The average molecular weight is 354 g/mol. The molecule has 1 aromatic heterocycles. The minimum absolute atomic E-state index is 0.0207. The number of rotatable bonds is 7. The van der Waals surface area contributed by atoms with E-state index in [9.17, 15) is 0 Å². The summed E-state index contributed by atoms with van der Waals surface area (Å²) in [5, 5.41) is 3.40. The van der Waals surface area contributed by atoms with Crippen molar-refractivity contribution < 1.29 is 13.9 Å². The first-order chi connectivity index (χ1) is 10.1. The fraction of sp³-hybridized carbons (Fsp3) is 0.375. The summed E-state index contributed by atoms with van der Waals surface area (Å²) in [6.45, 7) is 7.21. The lowest BCUT2D eigenvalue weighted by Gasteiger charge is -2.17. The monoisotopic (exact) mass is 353 g/mol. The van der Waals surface area contributed by atoms with E-state index < -0.39 is 0 Å². The Hall–Kier alpha value is -1.62. The molecule has 0 aliphatic heterocycles. The Morgan fingerprint density at radius 2 is 1.90 bits per heavy atom. The van der Waals surface area contributed by atoms with Gasteiger partial charge in [0, 0.05) is 6.07 Å². The molecule has 114 valence electrons. The molecule has 0 aliphatic rings. The molecule has 4 nitrogen and oxygen atoms in total. The van der Waals surface area contributed by atoms with Gasteiger partial charge in [-0.3, -0.25) is 0 Å². The fourth-order valence-corrected chi connectivity index (χ4v) is 2.34. The van der Waals surface area contributed by atoms with Crippen LogP contribution in [0.4, 0.5) is 5.69 Å². The third kappa shape index (κ3) is 4.17. The van der Waals surface area contributed by atoms with E-state index in [1.807, 2.05) is 51.1 Å². The number of benzene rings is 1. The van der Waals surface area contributed by atoms with Gasteiger partial charge in [-0.25, -0.2) is 0 Å². The van der Waals surface area contributed by atoms with Gasteiger partial charge in [-0.1, -0.05) is 0 Å². The second-order valence-corrected chi connectivity index (χ2v) is 5.31. The molecule has 1 heterocycles. The highest BCUT2D eigenvalue weighted by atomic mass is 79.9. The van der Waals surface area contributed by atoms with Gasteiger partial charge in [-0.2, -0.15) is 0 Å². The maximum atomic E-state index is 5.65. The number of ether oxygens (including phenoxy) is 2. The molecule has 2 aromatic rings. The van der Waals surface area contributed by atoms with Gasteiger partial charge in [-0.15, -0.1) is 0 Å². The van der Waals surface area contributed by atoms with Gasteiger partial charge in [-0.05, 0) is 61.0 Å². The maximum absolute atomic E-state index is 5.65. The van der Waals surface area contributed by atoms with Crippen LogP contribution in [0.5, 0.6) is 11.5 Å². The molecule has 0 saturated heterocycles. The van der Waals surface area contributed by atoms with Crippen LogP contribution in [0.2, 0.25) is 0 Å². The molecule has 0 fully saturated rings. The van der Waals surface area contributed by atoms with Crippen molar-refractivity contribution in [1.29, 1.82) is 0 Å². The summed E-state index contributed by atoms with van der Waals surface area (Å²) >= 11 is 3.32. The molecular formula is C16H20BrNO3. The van der Waals surface area contributed by atoms with E-state index >= 15 is 0 Å². The molecule has 2 rings (SSSR count). The second-order valence-electron chi connectivity index (χ2n) is 4.53. The number of anilines is 1. The Labute approximate surface area is 133 Å². The van der Waals surface area contributed by atoms with Gasteiger partial charge in [0.2, 0.25) is 0 Å². The van der Waals surface area contributed by atoms with E-state index in [4.69, 9.17) is 13.9 Å². The van der Waals surface area contributed by atoms with Gasteiger partial charge in [0.25, 0.3) is 0 Å². The van der Waals surface area contributed by atoms with Crippen molar-refractivity contribution in [3.8, 4) is 11.5 Å². The van der Waals surface area contributed by atoms with Crippen molar-refractivity contribution in [3.63, 3.8) is 0 Å². The first-order valence-corrected chi connectivity index (χ1v) is 7.84. The predicted molar refractivity (Wildman–Crippen MR) is 87.2 cm³/mol. The highest BCUT2D eigenvalue weighted by Crippen LogP contribution is 2.33. The number of halogens is 1. The van der Waals surface area contributed by atoms with Crippen molar-refractivity contribution >= 4 is 21.6 Å². The largest absolute Gasteiger partial charge is 0.494 e. The molecule has 0 spiro atoms. The summed E-state index contributed by atoms with van der Waals surface area (Å²) in [7, 11) is 0. The minimum atomic E-state index is 0.0207. The van der Waals surface area contributed by atoms with E-state index in [2.05, 4.69) is 21.2 Å². The molecule has 5 heteroatoms. The van der Waals surface area contributed by atoms with E-state index in [0.29, 0.717) is 13.2 Å². The van der Waals surface area contributed by atoms with Gasteiger partial charge in [0.15, 0.2) is 4.67 Å². The predicted octanol–water partition coefficient (Wildman–Crippen LogP) is 5.01. The highest BCUT2D eigenvalue weighted by Gasteiger charge is 2.13. The zero-order chi connectivity index (χ0) is 15.2. The van der Waals surface area contributed by atoms with Crippen LogP contribution in [-0.2, 0) is 0 Å². The Balaban J connectivity index is 2.21. The lowest BCUT2D eigenvalue weighted by Crippen LogP contribution is -2.08. The lowest BCUT2D eigenvalue weighted by molar-refractivity contribution is 0.331. The van der Waals surface area contributed by atoms with Crippen LogP contribution in [0.1, 0.15) is 32.6 Å². The molecule has 1 N–H and O–H groups in total. The molecule has 0 amide bonds. The molecule has 1 unspecified atom stereocenters. The normalized spacial score (nSPS) is 12.0. The van der Waals surface area contributed by atoms with Crippen molar-refractivity contribution in [2.24, 2.45) is 0 Å². The van der Waals surface area contributed by atoms with Gasteiger partial charge < -0.3 is 19.2 Å². The Kier molecular flexibility index (Phi) is 5.56. The maximum Gasteiger partial charge on any atom is 0.169 e. The molecule has 0 bridgehead atoms. The molecular weight excluding hydrogens is 334 g/mol. The number of furan rings is 1. The Morgan fingerprint density at radius 1 is 1.14 bits per heavy atom. The third-order valence-electron chi connectivity index (χ3n) is 2.95. The van der Waals surface area contributed by atoms with E-state index in [0.717, 1.165) is 27.6 Å². The zero-order valence-electron chi connectivity index (χ0n) is 12.5. The first kappa shape index (κ1) is 15.8. The Morgan fingerprint density at radius 3 is 2.52 bits per heavy atom. The standard InChI is InChI=1S/C16H20BrNO3/c1-4-19-12-6-7-15(20-5-2)13(10-12)18-11(3)14-8-9-16(17)21-14/h6-11,18H,4-5H2,1-3H3. The highest BCUT2D eigenvalue weighted by molar-refractivity contribution is 9.10. The SMILES string of the molecule is CCOc1ccc(OCC)c(NC(C)c2ccc(Br)o2)c1. The van der Waals surface area contributed by atoms with Crippen molar-refractivity contribution in [2.45, 2.75) is 26.8 Å². The van der Waals surface area contributed by atoms with E-state index in [1.54, 1.807) is 0 Å². The van der Waals surface area contributed by atoms with Gasteiger partial charge in [0.1, 0.15) is 17.3 Å². The summed E-state index contributed by atoms with van der Waals surface area (Å²) in [5.74, 6) is 2.47. The minimum Gasteiger partial charge on any atom is -0.494 e. The quantitative estimate of drug-likeness (QED) is 0.759. The zero-order valence-corrected chi connectivity index (χ0v) is 14.1. The van der Waals surface area contributed by atoms with Gasteiger partial charge in [0.05, 0.1) is 24.9 Å². The van der Waals surface area contributed by atoms with Crippen LogP contribution in [0.3, 0.4) is 0 Å². The Bertz CT molecular complexity index is 583. The summed E-state index contributed by atoms with van der Waals surface area (Å²) in [6, 6.07) is 9.62. The summed E-state index contributed by atoms with van der Waals surface area (Å²) < 4.78 is 17.5. The third-order valence-corrected chi connectivity index (χ3v) is 3.38. The molecule has 0 radical (unpaired) electrons. The summed E-state index contributed by atoms with van der Waals surface area (Å²) in [6.07, 6.45) is 0. The van der Waals surface area contributed by atoms with Crippen LogP contribution >= 0.6 is 15.9 Å². The van der Waals surface area contributed by atoms with Crippen LogP contribution in [-0.4, -0.2) is 13.2 Å². The van der Waals surface area contributed by atoms with Crippen molar-refractivity contribution in [3.05, 3.63) is 40.8 Å². The number of nitrogens with one attached hydrogen (secondary N) is 1. The molecule has 1 atom stereocenters. The summed E-state index contributed by atoms with van der Waals surface area (Å²) in [5.41, 5.74) is 0.892. The fourth-order valence-electron chi connectivity index (χ4n) is 2.03. The van der Waals surface area contributed by atoms with Crippen LogP contribution in [0.25, 0.3) is 0 Å². The van der Waals surface area contributed by atoms with Crippen LogP contribution < -0.4 is 14.8 Å². The molecule has 1 aromatic carbocycles. The van der Waals surface area contributed by atoms with E-state index in [-0.39, 0.29) is 6.04 Å². The molecule has 0 saturated carbocycles. The summed E-state index contributed by atoms with van der Waals surface area (Å²) in [4.78, 5) is 0. The number of hydrogen-bond donors (Lipinski definition) is 1. The average Bonchev–Trinajstić information content (AvgIpc) is 2.89. The topological polar surface area (TPSA) is 43.6 Å². The lowest BCUT2D eigenvalue weighted by atomic mass is 10.2. The number of hydrogen-bond acceptors (Lipinski definition) is 4. The first-order valence-electron chi connectivity index (χ1n) is 7.05. The van der Waals surface area contributed by atoms with E-state index in [1.165, 1.54) is 0 Å². The smallest absolute Gasteiger partial charge is 0.169 e. The van der Waals surface area contributed by atoms with Gasteiger partial charge >= 0.3 is 0 Å².